The Labute approximate surface area is 93.8 Å². The van der Waals surface area contributed by atoms with Crippen molar-refractivity contribution in [2.75, 3.05) is 7.11 Å². The molecule has 0 saturated heterocycles. The average Bonchev–Trinajstić information content (AvgIpc) is 2.29. The maximum Gasteiger partial charge on any atom is 0.340 e. The first-order valence-corrected chi connectivity index (χ1v) is 4.85. The molecule has 0 aliphatic rings. The molecule has 5 nitrogen and oxygen atoms in total. The molecular weight excluding hydrogens is 210 g/mol. The fraction of sp³-hybridized carbons (Fsp3) is 0.364. The van der Waals surface area contributed by atoms with Gasteiger partial charge in [0.15, 0.2) is 11.5 Å². The predicted octanol–water partition coefficient (Wildman–Crippen LogP) is 0.440. The van der Waals surface area contributed by atoms with Crippen LogP contribution in [0.15, 0.2) is 18.2 Å². The van der Waals surface area contributed by atoms with E-state index < -0.39 is 12.1 Å². The van der Waals surface area contributed by atoms with Crippen molar-refractivity contribution in [2.45, 2.75) is 19.6 Å². The van der Waals surface area contributed by atoms with Crippen LogP contribution in [0.2, 0.25) is 0 Å². The van der Waals surface area contributed by atoms with Gasteiger partial charge in [-0.05, 0) is 24.6 Å². The lowest BCUT2D eigenvalue weighted by molar-refractivity contribution is -0.142. The number of benzene rings is 1. The Morgan fingerprint density at radius 2 is 2.19 bits per heavy atom. The van der Waals surface area contributed by atoms with Gasteiger partial charge >= 0.3 is 5.97 Å². The normalized spacial score (nSPS) is 12.0. The van der Waals surface area contributed by atoms with E-state index >= 15 is 0 Å². The summed E-state index contributed by atoms with van der Waals surface area (Å²) in [4.78, 5) is 11.2. The van der Waals surface area contributed by atoms with Crippen molar-refractivity contribution in [3.63, 3.8) is 0 Å². The highest BCUT2D eigenvalue weighted by Gasteiger charge is 2.14. The van der Waals surface area contributed by atoms with Crippen LogP contribution in [0.3, 0.4) is 0 Å². The molecule has 1 rings (SSSR count). The number of hydrogen-bond donors (Lipinski definition) is 2. The van der Waals surface area contributed by atoms with Crippen molar-refractivity contribution in [2.24, 2.45) is 5.73 Å². The molecule has 0 fully saturated rings. The van der Waals surface area contributed by atoms with Crippen molar-refractivity contribution < 1.29 is 19.4 Å². The van der Waals surface area contributed by atoms with Gasteiger partial charge in [-0.2, -0.15) is 0 Å². The number of methoxy groups -OCH3 is 1. The van der Waals surface area contributed by atoms with Gasteiger partial charge < -0.3 is 20.3 Å². The quantitative estimate of drug-likeness (QED) is 0.574. The molecule has 0 aliphatic heterocycles. The highest BCUT2D eigenvalue weighted by Crippen LogP contribution is 2.28. The summed E-state index contributed by atoms with van der Waals surface area (Å²) in [5, 5.41) is 9.01. The molecule has 0 aromatic heterocycles. The van der Waals surface area contributed by atoms with Gasteiger partial charge in [-0.15, -0.1) is 0 Å². The van der Waals surface area contributed by atoms with Gasteiger partial charge in [-0.1, -0.05) is 6.07 Å². The second kappa shape index (κ2) is 5.48. The zero-order chi connectivity index (χ0) is 12.1. The number of carbonyl (C=O) groups is 1. The van der Waals surface area contributed by atoms with Gasteiger partial charge in [-0.25, -0.2) is 4.79 Å². The van der Waals surface area contributed by atoms with Crippen LogP contribution in [0.5, 0.6) is 11.5 Å². The Bertz CT molecular complexity index is 376. The Morgan fingerprint density at radius 3 is 2.69 bits per heavy atom. The highest BCUT2D eigenvalue weighted by molar-refractivity contribution is 5.77. The Balaban J connectivity index is 2.91. The van der Waals surface area contributed by atoms with E-state index in [0.717, 1.165) is 5.56 Å². The monoisotopic (exact) mass is 225 g/mol. The fourth-order valence-corrected chi connectivity index (χ4v) is 1.12. The third-order valence-corrected chi connectivity index (χ3v) is 2.02. The highest BCUT2D eigenvalue weighted by atomic mass is 16.6. The summed E-state index contributed by atoms with van der Waals surface area (Å²) in [5.74, 6) is -0.0404. The lowest BCUT2D eigenvalue weighted by Gasteiger charge is -2.11. The van der Waals surface area contributed by atoms with Crippen LogP contribution < -0.4 is 15.2 Å². The molecule has 1 unspecified atom stereocenters. The first-order chi connectivity index (χ1) is 7.58. The number of hydrogen-bond acceptors (Lipinski definition) is 5. The molecule has 1 aromatic rings. The Hall–Kier alpha value is -1.59. The van der Waals surface area contributed by atoms with E-state index in [1.807, 2.05) is 0 Å². The van der Waals surface area contributed by atoms with E-state index in [1.54, 1.807) is 18.2 Å². The third kappa shape index (κ3) is 2.95. The maximum absolute atomic E-state index is 11.2. The van der Waals surface area contributed by atoms with Crippen LogP contribution in [0, 0.1) is 0 Å². The van der Waals surface area contributed by atoms with E-state index in [0.29, 0.717) is 12.3 Å². The van der Waals surface area contributed by atoms with Crippen molar-refractivity contribution >= 4 is 5.97 Å². The minimum atomic E-state index is -1.17. The van der Waals surface area contributed by atoms with E-state index in [1.165, 1.54) is 14.0 Å². The van der Waals surface area contributed by atoms with Crippen molar-refractivity contribution in [1.82, 2.24) is 0 Å². The molecular formula is C11H15NO4. The molecule has 3 N–H and O–H groups in total. The SMILES string of the molecule is COc1cc(CN)ccc1OC(=O)C(C)O. The van der Waals surface area contributed by atoms with Gasteiger partial charge in [0.05, 0.1) is 7.11 Å². The summed E-state index contributed by atoms with van der Waals surface area (Å²) in [6, 6.07) is 5.00. The van der Waals surface area contributed by atoms with E-state index in [-0.39, 0.29) is 5.75 Å². The lowest BCUT2D eigenvalue weighted by atomic mass is 10.2. The summed E-state index contributed by atoms with van der Waals surface area (Å²) in [7, 11) is 1.47. The Morgan fingerprint density at radius 1 is 1.50 bits per heavy atom. The number of ether oxygens (including phenoxy) is 2. The van der Waals surface area contributed by atoms with Gasteiger partial charge in [-0.3, -0.25) is 0 Å². The van der Waals surface area contributed by atoms with E-state index in [9.17, 15) is 4.79 Å². The number of aliphatic hydroxyl groups excluding tert-OH is 1. The number of esters is 1. The van der Waals surface area contributed by atoms with Crippen LogP contribution in [-0.4, -0.2) is 24.3 Å². The van der Waals surface area contributed by atoms with Crippen molar-refractivity contribution in [3.8, 4) is 11.5 Å². The van der Waals surface area contributed by atoms with Gasteiger partial charge in [0.1, 0.15) is 6.10 Å². The molecule has 0 aliphatic carbocycles. The standard InChI is InChI=1S/C11H15NO4/c1-7(13)11(14)16-9-4-3-8(6-12)5-10(9)15-2/h3-5,7,13H,6,12H2,1-2H3. The summed E-state index contributed by atoms with van der Waals surface area (Å²) in [5.41, 5.74) is 6.34. The number of aliphatic hydroxyl groups is 1. The number of rotatable bonds is 4. The zero-order valence-electron chi connectivity index (χ0n) is 9.27. The van der Waals surface area contributed by atoms with Crippen molar-refractivity contribution in [1.29, 1.82) is 0 Å². The summed E-state index contributed by atoms with van der Waals surface area (Å²) < 4.78 is 10.00. The second-order valence-electron chi connectivity index (χ2n) is 3.29. The molecule has 0 heterocycles. The first-order valence-electron chi connectivity index (χ1n) is 4.85. The molecule has 88 valence electrons. The molecule has 1 aromatic carbocycles. The van der Waals surface area contributed by atoms with Gasteiger partial charge in [0, 0.05) is 6.54 Å². The van der Waals surface area contributed by atoms with E-state index in [4.69, 9.17) is 20.3 Å². The molecule has 16 heavy (non-hydrogen) atoms. The average molecular weight is 225 g/mol. The minimum absolute atomic E-state index is 0.269. The van der Waals surface area contributed by atoms with Crippen LogP contribution in [0.25, 0.3) is 0 Å². The van der Waals surface area contributed by atoms with E-state index in [2.05, 4.69) is 0 Å². The van der Waals surface area contributed by atoms with Crippen LogP contribution in [0.1, 0.15) is 12.5 Å². The van der Waals surface area contributed by atoms with Crippen LogP contribution in [-0.2, 0) is 11.3 Å². The second-order valence-corrected chi connectivity index (χ2v) is 3.29. The molecule has 0 saturated carbocycles. The molecule has 0 bridgehead atoms. The molecule has 5 heteroatoms. The van der Waals surface area contributed by atoms with Gasteiger partial charge in [0.2, 0.25) is 0 Å². The molecule has 0 radical (unpaired) electrons. The lowest BCUT2D eigenvalue weighted by Crippen LogP contribution is -2.22. The molecule has 1 atom stereocenters. The molecule has 0 amide bonds. The largest absolute Gasteiger partial charge is 0.493 e. The third-order valence-electron chi connectivity index (χ3n) is 2.02. The van der Waals surface area contributed by atoms with Crippen LogP contribution in [0.4, 0.5) is 0 Å². The van der Waals surface area contributed by atoms with Gasteiger partial charge in [0.25, 0.3) is 0 Å². The Kier molecular flexibility index (Phi) is 4.28. The predicted molar refractivity (Wildman–Crippen MR) is 58.2 cm³/mol. The number of nitrogens with two attached hydrogens (primary N) is 1. The number of carbonyl (C=O) groups excluding carboxylic acids is 1. The minimum Gasteiger partial charge on any atom is -0.493 e. The van der Waals surface area contributed by atoms with Crippen molar-refractivity contribution in [3.05, 3.63) is 23.8 Å². The summed E-state index contributed by atoms with van der Waals surface area (Å²) in [6.07, 6.45) is -1.17. The zero-order valence-corrected chi connectivity index (χ0v) is 9.27. The topological polar surface area (TPSA) is 81.8 Å². The maximum atomic E-state index is 11.2. The smallest absolute Gasteiger partial charge is 0.340 e. The first kappa shape index (κ1) is 12.5. The van der Waals surface area contributed by atoms with Crippen LogP contribution >= 0.6 is 0 Å². The summed E-state index contributed by atoms with van der Waals surface area (Å²) >= 11 is 0. The molecule has 0 spiro atoms. The fourth-order valence-electron chi connectivity index (χ4n) is 1.12. The summed E-state index contributed by atoms with van der Waals surface area (Å²) in [6.45, 7) is 1.71.